The highest BCUT2D eigenvalue weighted by Gasteiger charge is 2.12. The van der Waals surface area contributed by atoms with Gasteiger partial charge in [0, 0.05) is 7.05 Å². The molecule has 0 aliphatic rings. The summed E-state index contributed by atoms with van der Waals surface area (Å²) in [5.41, 5.74) is 0. The lowest BCUT2D eigenvalue weighted by Crippen LogP contribution is -2.06. The Bertz CT molecular complexity index is 616. The van der Waals surface area contributed by atoms with E-state index in [1.165, 1.54) is 31.0 Å². The van der Waals surface area contributed by atoms with Crippen molar-refractivity contribution < 1.29 is 18.7 Å². The average molecular weight is 311 g/mol. The Morgan fingerprint density at radius 1 is 1.33 bits per heavy atom. The largest absolute Gasteiger partial charge is 0.486 e. The lowest BCUT2D eigenvalue weighted by Gasteiger charge is -2.06. The van der Waals surface area contributed by atoms with Crippen molar-refractivity contribution in [2.45, 2.75) is 11.8 Å². The van der Waals surface area contributed by atoms with Crippen molar-refractivity contribution in [3.63, 3.8) is 0 Å². The van der Waals surface area contributed by atoms with Gasteiger partial charge in [0.1, 0.15) is 18.2 Å². The first kappa shape index (κ1) is 15.3. The van der Waals surface area contributed by atoms with Crippen molar-refractivity contribution >= 4 is 17.7 Å². The van der Waals surface area contributed by atoms with Gasteiger partial charge in [-0.3, -0.25) is 4.79 Å². The van der Waals surface area contributed by atoms with Gasteiger partial charge in [-0.15, -0.1) is 10.2 Å². The maximum absolute atomic E-state index is 12.8. The van der Waals surface area contributed by atoms with E-state index in [2.05, 4.69) is 14.9 Å². The molecule has 0 radical (unpaired) electrons. The summed E-state index contributed by atoms with van der Waals surface area (Å²) in [6.07, 6.45) is 0. The first-order chi connectivity index (χ1) is 10.1. The van der Waals surface area contributed by atoms with Crippen molar-refractivity contribution in [2.75, 3.05) is 12.9 Å². The second kappa shape index (κ2) is 7.07. The zero-order valence-corrected chi connectivity index (χ0v) is 12.4. The molecule has 0 saturated heterocycles. The summed E-state index contributed by atoms with van der Waals surface area (Å²) < 4.78 is 24.6. The molecule has 2 aromatic rings. The highest BCUT2D eigenvalue weighted by atomic mass is 32.2. The molecule has 8 heteroatoms. The Kier molecular flexibility index (Phi) is 5.15. The van der Waals surface area contributed by atoms with Crippen LogP contribution in [0.5, 0.6) is 5.75 Å². The molecular weight excluding hydrogens is 297 g/mol. The third kappa shape index (κ3) is 4.19. The molecule has 0 saturated carbocycles. The van der Waals surface area contributed by atoms with Crippen molar-refractivity contribution in [1.82, 2.24) is 14.8 Å². The second-order valence-electron chi connectivity index (χ2n) is 4.07. The Morgan fingerprint density at radius 3 is 2.71 bits per heavy atom. The average Bonchev–Trinajstić information content (AvgIpc) is 2.85. The molecule has 0 amide bonds. The van der Waals surface area contributed by atoms with Crippen molar-refractivity contribution in [3.05, 3.63) is 35.9 Å². The van der Waals surface area contributed by atoms with E-state index in [1.807, 2.05) is 0 Å². The van der Waals surface area contributed by atoms with E-state index in [-0.39, 0.29) is 24.1 Å². The number of carbonyl (C=O) groups is 1. The highest BCUT2D eigenvalue weighted by molar-refractivity contribution is 7.99. The molecule has 1 aromatic heterocycles. The Balaban J connectivity index is 1.93. The summed E-state index contributed by atoms with van der Waals surface area (Å²) in [5, 5.41) is 8.57. The maximum atomic E-state index is 12.8. The molecule has 0 atom stereocenters. The Morgan fingerprint density at radius 2 is 2.05 bits per heavy atom. The minimum Gasteiger partial charge on any atom is -0.486 e. The molecule has 0 aliphatic carbocycles. The maximum Gasteiger partial charge on any atom is 0.316 e. The van der Waals surface area contributed by atoms with E-state index in [9.17, 15) is 9.18 Å². The molecule has 21 heavy (non-hydrogen) atoms. The number of aromatic nitrogens is 3. The molecule has 0 spiro atoms. The fourth-order valence-corrected chi connectivity index (χ4v) is 2.22. The third-order valence-corrected chi connectivity index (χ3v) is 3.65. The quantitative estimate of drug-likeness (QED) is 0.598. The molecule has 0 aliphatic heterocycles. The van der Waals surface area contributed by atoms with Gasteiger partial charge in [0.2, 0.25) is 0 Å². The van der Waals surface area contributed by atoms with Crippen LogP contribution < -0.4 is 4.74 Å². The van der Waals surface area contributed by atoms with E-state index in [1.54, 1.807) is 23.7 Å². The highest BCUT2D eigenvalue weighted by Crippen LogP contribution is 2.17. The van der Waals surface area contributed by atoms with Crippen LogP contribution in [-0.4, -0.2) is 33.6 Å². The lowest BCUT2D eigenvalue weighted by atomic mass is 10.3. The number of thioether (sulfide) groups is 1. The number of ether oxygens (including phenoxy) is 2. The molecule has 2 rings (SSSR count). The summed E-state index contributed by atoms with van der Waals surface area (Å²) >= 11 is 1.23. The number of hydrogen-bond acceptors (Lipinski definition) is 6. The van der Waals surface area contributed by atoms with Crippen LogP contribution in [0.4, 0.5) is 4.39 Å². The molecule has 1 heterocycles. The summed E-state index contributed by atoms with van der Waals surface area (Å²) in [6, 6.07) is 5.73. The van der Waals surface area contributed by atoms with Crippen LogP contribution in [0.2, 0.25) is 0 Å². The Hall–Kier alpha value is -2.09. The number of benzene rings is 1. The lowest BCUT2D eigenvalue weighted by molar-refractivity contribution is -0.137. The molecule has 6 nitrogen and oxygen atoms in total. The van der Waals surface area contributed by atoms with E-state index in [4.69, 9.17) is 4.74 Å². The second-order valence-corrected chi connectivity index (χ2v) is 5.01. The van der Waals surface area contributed by atoms with Crippen molar-refractivity contribution in [1.29, 1.82) is 0 Å². The van der Waals surface area contributed by atoms with Gasteiger partial charge in [0.15, 0.2) is 11.0 Å². The number of esters is 1. The molecule has 0 fully saturated rings. The van der Waals surface area contributed by atoms with Crippen LogP contribution in [0.3, 0.4) is 0 Å². The van der Waals surface area contributed by atoms with Crippen LogP contribution in [0.15, 0.2) is 29.4 Å². The van der Waals surface area contributed by atoms with Crippen LogP contribution in [0, 0.1) is 5.82 Å². The fourth-order valence-electron chi connectivity index (χ4n) is 1.46. The smallest absolute Gasteiger partial charge is 0.316 e. The normalized spacial score (nSPS) is 10.4. The van der Waals surface area contributed by atoms with E-state index < -0.39 is 0 Å². The predicted octanol–water partition coefficient (Wildman–Crippen LogP) is 1.80. The number of carbonyl (C=O) groups excluding carboxylic acids is 1. The van der Waals surface area contributed by atoms with Gasteiger partial charge < -0.3 is 14.0 Å². The van der Waals surface area contributed by atoms with E-state index in [0.29, 0.717) is 16.7 Å². The summed E-state index contributed by atoms with van der Waals surface area (Å²) in [6.45, 7) is 0.202. The number of hydrogen-bond donors (Lipinski definition) is 0. The fraction of sp³-hybridized carbons (Fsp3) is 0.308. The third-order valence-electron chi connectivity index (χ3n) is 2.65. The number of halogens is 1. The summed E-state index contributed by atoms with van der Waals surface area (Å²) in [7, 11) is 3.12. The predicted molar refractivity (Wildman–Crippen MR) is 74.5 cm³/mol. The zero-order valence-electron chi connectivity index (χ0n) is 11.6. The van der Waals surface area contributed by atoms with Crippen molar-refractivity contribution in [2.24, 2.45) is 7.05 Å². The van der Waals surface area contributed by atoms with Gasteiger partial charge in [0.05, 0.1) is 12.9 Å². The molecule has 112 valence electrons. The van der Waals surface area contributed by atoms with Gasteiger partial charge >= 0.3 is 5.97 Å². The van der Waals surface area contributed by atoms with Crippen LogP contribution in [0.1, 0.15) is 5.82 Å². The molecule has 1 aromatic carbocycles. The number of rotatable bonds is 6. The van der Waals surface area contributed by atoms with Gasteiger partial charge in [-0.1, -0.05) is 11.8 Å². The topological polar surface area (TPSA) is 66.2 Å². The molecule has 0 N–H and O–H groups in total. The molecule has 0 unspecified atom stereocenters. The molecular formula is C13H14FN3O3S. The van der Waals surface area contributed by atoms with E-state index in [0.717, 1.165) is 0 Å². The van der Waals surface area contributed by atoms with Gasteiger partial charge in [-0.25, -0.2) is 4.39 Å². The van der Waals surface area contributed by atoms with Gasteiger partial charge in [-0.05, 0) is 24.3 Å². The first-order valence-corrected chi connectivity index (χ1v) is 7.05. The number of nitrogens with zero attached hydrogens (tertiary/aromatic N) is 3. The minimum absolute atomic E-state index is 0.168. The first-order valence-electron chi connectivity index (χ1n) is 6.06. The summed E-state index contributed by atoms with van der Waals surface area (Å²) in [5.74, 6) is 0.672. The van der Waals surface area contributed by atoms with E-state index >= 15 is 0 Å². The summed E-state index contributed by atoms with van der Waals surface area (Å²) in [4.78, 5) is 11.1. The van der Waals surface area contributed by atoms with Gasteiger partial charge in [0.25, 0.3) is 0 Å². The standard InChI is InChI=1S/C13H14FN3O3S/c1-17-11(7-20-10-5-3-9(14)4-6-10)15-16-13(17)21-8-12(18)19-2/h3-6H,7-8H2,1-2H3. The van der Waals surface area contributed by atoms with Crippen molar-refractivity contribution in [3.8, 4) is 5.75 Å². The monoisotopic (exact) mass is 311 g/mol. The minimum atomic E-state index is -0.327. The van der Waals surface area contributed by atoms with Crippen LogP contribution >= 0.6 is 11.8 Å². The molecule has 0 bridgehead atoms. The SMILES string of the molecule is COC(=O)CSc1nnc(COc2ccc(F)cc2)n1C. The van der Waals surface area contributed by atoms with Crippen LogP contribution in [-0.2, 0) is 23.2 Å². The van der Waals surface area contributed by atoms with Gasteiger partial charge in [-0.2, -0.15) is 0 Å². The van der Waals surface area contributed by atoms with Crippen LogP contribution in [0.25, 0.3) is 0 Å². The Labute approximate surface area is 125 Å². The zero-order chi connectivity index (χ0) is 15.2. The number of methoxy groups -OCH3 is 1.